The molecule has 0 aliphatic rings. The summed E-state index contributed by atoms with van der Waals surface area (Å²) in [6.07, 6.45) is 18.4. The van der Waals surface area contributed by atoms with Gasteiger partial charge in [0.15, 0.2) is 0 Å². The highest BCUT2D eigenvalue weighted by atomic mass is 16.5. The second-order valence-corrected chi connectivity index (χ2v) is 12.8. The van der Waals surface area contributed by atoms with Crippen LogP contribution in [0.4, 0.5) is 0 Å². The van der Waals surface area contributed by atoms with Gasteiger partial charge in [0, 0.05) is 24.3 Å². The third-order valence-electron chi connectivity index (χ3n) is 8.30. The zero-order chi connectivity index (χ0) is 40.1. The summed E-state index contributed by atoms with van der Waals surface area (Å²) in [5.74, 6) is 5.03. The fraction of sp³-hybridized carbons (Fsp3) is 0.400. The molecule has 0 bridgehead atoms. The molecule has 0 aliphatic carbocycles. The predicted octanol–water partition coefficient (Wildman–Crippen LogP) is 8.94. The molecule has 0 fully saturated rings. The number of hydrogen-bond acceptors (Lipinski definition) is 11. The quantitative estimate of drug-likeness (QED) is 0.0242. The van der Waals surface area contributed by atoms with Gasteiger partial charge >= 0.3 is 23.9 Å². The van der Waals surface area contributed by atoms with E-state index in [0.717, 1.165) is 70.3 Å². The van der Waals surface area contributed by atoms with Gasteiger partial charge < -0.3 is 28.4 Å². The minimum atomic E-state index is -0.753. The van der Waals surface area contributed by atoms with Crippen LogP contribution in [0, 0.1) is 11.8 Å². The van der Waals surface area contributed by atoms with Crippen LogP contribution in [-0.2, 0) is 23.9 Å². The molecule has 0 spiro atoms. The van der Waals surface area contributed by atoms with E-state index in [0.29, 0.717) is 49.4 Å². The van der Waals surface area contributed by atoms with Gasteiger partial charge in [-0.15, -0.1) is 0 Å². The minimum absolute atomic E-state index is 0.232. The maximum atomic E-state index is 12.6. The SMILES string of the molecule is C=CC(=O)OCCCCCCCCCCCOc1ccc(OC(=O)c2ccc(C#CC(=O)Oc3ccc(OCCCCCCCOC(=O)C=C)cc3)nc2)cc1. The molecule has 0 N–H and O–H groups in total. The smallest absolute Gasteiger partial charge is 0.390 e. The highest BCUT2D eigenvalue weighted by molar-refractivity contribution is 5.92. The molecule has 0 aliphatic heterocycles. The van der Waals surface area contributed by atoms with Crippen LogP contribution in [-0.4, -0.2) is 55.3 Å². The number of pyridine rings is 1. The first-order chi connectivity index (χ1) is 27.4. The van der Waals surface area contributed by atoms with Crippen molar-refractivity contribution in [2.75, 3.05) is 26.4 Å². The van der Waals surface area contributed by atoms with Crippen molar-refractivity contribution in [1.29, 1.82) is 0 Å². The number of nitrogens with zero attached hydrogens (tertiary/aromatic N) is 1. The number of hydrogen-bond donors (Lipinski definition) is 0. The maximum Gasteiger partial charge on any atom is 0.390 e. The molecular formula is C45H53NO10. The zero-order valence-corrected chi connectivity index (χ0v) is 32.2. The summed E-state index contributed by atoms with van der Waals surface area (Å²) in [5.41, 5.74) is 0.522. The zero-order valence-electron chi connectivity index (χ0n) is 32.2. The molecule has 11 nitrogen and oxygen atoms in total. The van der Waals surface area contributed by atoms with E-state index in [4.69, 9.17) is 28.4 Å². The van der Waals surface area contributed by atoms with Crippen LogP contribution in [0.3, 0.4) is 0 Å². The third-order valence-corrected chi connectivity index (χ3v) is 8.30. The number of carbonyl (C=O) groups is 4. The molecular weight excluding hydrogens is 714 g/mol. The molecule has 1 heterocycles. The first-order valence-electron chi connectivity index (χ1n) is 19.3. The largest absolute Gasteiger partial charge is 0.494 e. The van der Waals surface area contributed by atoms with Crippen LogP contribution in [0.5, 0.6) is 23.0 Å². The Hall–Kier alpha value is -5.89. The molecule has 2 aromatic carbocycles. The lowest BCUT2D eigenvalue weighted by Crippen LogP contribution is -2.09. The van der Waals surface area contributed by atoms with Gasteiger partial charge in [0.1, 0.15) is 28.7 Å². The van der Waals surface area contributed by atoms with E-state index in [-0.39, 0.29) is 17.2 Å². The molecule has 3 rings (SSSR count). The summed E-state index contributed by atoms with van der Waals surface area (Å²) in [6.45, 7) is 8.81. The van der Waals surface area contributed by atoms with Crippen molar-refractivity contribution in [2.24, 2.45) is 0 Å². The summed E-state index contributed by atoms with van der Waals surface area (Å²) < 4.78 is 32.3. The Kier molecular flexibility index (Phi) is 22.0. The molecule has 0 saturated heterocycles. The van der Waals surface area contributed by atoms with Gasteiger partial charge in [0.05, 0.1) is 32.0 Å². The van der Waals surface area contributed by atoms with E-state index in [9.17, 15) is 19.2 Å². The van der Waals surface area contributed by atoms with E-state index in [2.05, 4.69) is 30.0 Å². The predicted molar refractivity (Wildman–Crippen MR) is 213 cm³/mol. The standard InChI is InChI=1S/C45H53NO10/c1-3-42(47)53-33-17-12-9-7-5-6-8-11-15-31-52-39-24-28-41(29-25-39)56-45(50)36-19-20-37(46-35-36)21-30-44(49)55-40-26-22-38(23-27-40)51-32-16-13-10-14-18-34-54-43(48)4-2/h3-4,19-20,22-29,35H,1-2,5-18,31-34H2. The first kappa shape index (κ1) is 44.5. The second-order valence-electron chi connectivity index (χ2n) is 12.8. The molecule has 0 unspecified atom stereocenters. The highest BCUT2D eigenvalue weighted by Gasteiger charge is 2.10. The van der Waals surface area contributed by atoms with E-state index < -0.39 is 17.9 Å². The highest BCUT2D eigenvalue weighted by Crippen LogP contribution is 2.20. The van der Waals surface area contributed by atoms with Crippen LogP contribution in [0.2, 0.25) is 0 Å². The van der Waals surface area contributed by atoms with Gasteiger partial charge in [0.25, 0.3) is 0 Å². The summed E-state index contributed by atoms with van der Waals surface area (Å²) in [5, 5.41) is 0. The lowest BCUT2D eigenvalue weighted by molar-refractivity contribution is -0.138. The molecule has 0 atom stereocenters. The van der Waals surface area contributed by atoms with Gasteiger partial charge in [-0.05, 0) is 92.3 Å². The summed E-state index contributed by atoms with van der Waals surface area (Å²) in [7, 11) is 0. The monoisotopic (exact) mass is 767 g/mol. The van der Waals surface area contributed by atoms with E-state index in [1.54, 1.807) is 48.5 Å². The first-order valence-corrected chi connectivity index (χ1v) is 19.3. The Morgan fingerprint density at radius 2 is 0.929 bits per heavy atom. The van der Waals surface area contributed by atoms with Crippen LogP contribution < -0.4 is 18.9 Å². The van der Waals surface area contributed by atoms with Crippen molar-refractivity contribution >= 4 is 23.9 Å². The fourth-order valence-corrected chi connectivity index (χ4v) is 5.23. The van der Waals surface area contributed by atoms with Gasteiger partial charge in [-0.1, -0.05) is 77.4 Å². The lowest BCUT2D eigenvalue weighted by Gasteiger charge is -2.08. The van der Waals surface area contributed by atoms with Crippen molar-refractivity contribution < 1.29 is 47.6 Å². The van der Waals surface area contributed by atoms with Gasteiger partial charge in [-0.3, -0.25) is 0 Å². The molecule has 1 aromatic heterocycles. The van der Waals surface area contributed by atoms with E-state index in [1.807, 2.05) is 0 Å². The van der Waals surface area contributed by atoms with E-state index in [1.165, 1.54) is 50.1 Å². The van der Waals surface area contributed by atoms with Gasteiger partial charge in [-0.2, -0.15) is 0 Å². The number of unbranched alkanes of at least 4 members (excludes halogenated alkanes) is 12. The van der Waals surface area contributed by atoms with Crippen molar-refractivity contribution in [3.63, 3.8) is 0 Å². The van der Waals surface area contributed by atoms with Crippen molar-refractivity contribution in [2.45, 2.75) is 89.9 Å². The Labute approximate surface area is 330 Å². The summed E-state index contributed by atoms with van der Waals surface area (Å²) in [6, 6.07) is 16.6. The third kappa shape index (κ3) is 20.0. The lowest BCUT2D eigenvalue weighted by atomic mass is 10.1. The van der Waals surface area contributed by atoms with Gasteiger partial charge in [0.2, 0.25) is 0 Å². The Morgan fingerprint density at radius 1 is 0.518 bits per heavy atom. The molecule has 0 amide bonds. The number of rotatable bonds is 27. The second kappa shape index (κ2) is 27.7. The Balaban J connectivity index is 1.24. The Bertz CT molecular complexity index is 1710. The number of esters is 4. The molecule has 11 heteroatoms. The number of benzene rings is 2. The normalized spacial score (nSPS) is 10.3. The summed E-state index contributed by atoms with van der Waals surface area (Å²) >= 11 is 0. The van der Waals surface area contributed by atoms with Gasteiger partial charge in [-0.25, -0.2) is 24.2 Å². The topological polar surface area (TPSA) is 137 Å². The maximum absolute atomic E-state index is 12.6. The average Bonchev–Trinajstić information content (AvgIpc) is 3.22. The number of aromatic nitrogens is 1. The minimum Gasteiger partial charge on any atom is -0.494 e. The van der Waals surface area contributed by atoms with Crippen molar-refractivity contribution in [3.05, 3.63) is 103 Å². The summed E-state index contributed by atoms with van der Waals surface area (Å²) in [4.78, 5) is 51.1. The number of carbonyl (C=O) groups excluding carboxylic acids is 4. The van der Waals surface area contributed by atoms with Crippen LogP contribution in [0.15, 0.2) is 92.2 Å². The van der Waals surface area contributed by atoms with Crippen molar-refractivity contribution in [3.8, 4) is 34.8 Å². The average molecular weight is 768 g/mol. The molecule has 56 heavy (non-hydrogen) atoms. The van der Waals surface area contributed by atoms with Crippen LogP contribution in [0.25, 0.3) is 0 Å². The van der Waals surface area contributed by atoms with Crippen molar-refractivity contribution in [1.82, 2.24) is 4.98 Å². The molecule has 3 aromatic rings. The molecule has 0 saturated carbocycles. The fourth-order valence-electron chi connectivity index (χ4n) is 5.23. The van der Waals surface area contributed by atoms with Crippen LogP contribution in [0.1, 0.15) is 106 Å². The molecule has 298 valence electrons. The van der Waals surface area contributed by atoms with E-state index >= 15 is 0 Å². The molecule has 0 radical (unpaired) electrons. The number of ether oxygens (including phenoxy) is 6. The van der Waals surface area contributed by atoms with Crippen LogP contribution >= 0.6 is 0 Å². The Morgan fingerprint density at radius 3 is 1.36 bits per heavy atom.